The largest absolute Gasteiger partial charge is 0.450 e. The van der Waals surface area contributed by atoms with Crippen LogP contribution in [0.4, 0.5) is 9.18 Å². The molecule has 0 N–H and O–H groups in total. The summed E-state index contributed by atoms with van der Waals surface area (Å²) in [4.78, 5) is 27.4. The average Bonchev–Trinajstić information content (AvgIpc) is 2.75. The molecule has 0 aromatic heterocycles. The monoisotopic (exact) mass is 328 g/mol. The highest BCUT2D eigenvalue weighted by Crippen LogP contribution is 2.18. The van der Waals surface area contributed by atoms with E-state index in [0.717, 1.165) is 0 Å². The van der Waals surface area contributed by atoms with Crippen molar-refractivity contribution >= 4 is 23.6 Å². The summed E-state index contributed by atoms with van der Waals surface area (Å²) in [6.45, 7) is 3.98. The molecule has 1 saturated heterocycles. The summed E-state index contributed by atoms with van der Waals surface area (Å²) in [7, 11) is 0. The molecule has 120 valence electrons. The lowest BCUT2D eigenvalue weighted by Crippen LogP contribution is -2.37. The van der Waals surface area contributed by atoms with E-state index in [4.69, 9.17) is 16.3 Å². The second kappa shape index (κ2) is 7.45. The van der Waals surface area contributed by atoms with E-state index in [1.54, 1.807) is 16.7 Å². The highest BCUT2D eigenvalue weighted by Gasteiger charge is 2.23. The maximum absolute atomic E-state index is 13.2. The third-order valence-electron chi connectivity index (χ3n) is 3.48. The maximum atomic E-state index is 13.2. The van der Waals surface area contributed by atoms with Crippen molar-refractivity contribution in [2.75, 3.05) is 32.8 Å². The first kappa shape index (κ1) is 16.5. The SMILES string of the molecule is CCOC(=O)N1CCCN(C(=O)c2ccc(F)c(Cl)c2)CC1. The fourth-order valence-corrected chi connectivity index (χ4v) is 2.51. The fourth-order valence-electron chi connectivity index (χ4n) is 2.33. The predicted octanol–water partition coefficient (Wildman–Crippen LogP) is 2.78. The summed E-state index contributed by atoms with van der Waals surface area (Å²) >= 11 is 5.71. The lowest BCUT2D eigenvalue weighted by Gasteiger charge is -2.21. The Labute approximate surface area is 133 Å². The molecule has 1 aromatic rings. The molecule has 0 atom stereocenters. The summed E-state index contributed by atoms with van der Waals surface area (Å²) in [5, 5.41) is -0.0752. The normalized spacial score (nSPS) is 15.4. The quantitative estimate of drug-likeness (QED) is 0.838. The summed E-state index contributed by atoms with van der Waals surface area (Å²) in [5.41, 5.74) is 0.344. The fraction of sp³-hybridized carbons (Fsp3) is 0.467. The number of carbonyl (C=O) groups is 2. The molecule has 1 aromatic carbocycles. The van der Waals surface area contributed by atoms with Crippen molar-refractivity contribution in [3.8, 4) is 0 Å². The van der Waals surface area contributed by atoms with Gasteiger partial charge in [-0.15, -0.1) is 0 Å². The lowest BCUT2D eigenvalue weighted by molar-refractivity contribution is 0.0753. The molecule has 2 amide bonds. The van der Waals surface area contributed by atoms with E-state index in [0.29, 0.717) is 44.8 Å². The summed E-state index contributed by atoms with van der Waals surface area (Å²) in [6, 6.07) is 3.92. The van der Waals surface area contributed by atoms with Crippen LogP contribution in [0.2, 0.25) is 5.02 Å². The second-order valence-electron chi connectivity index (χ2n) is 4.96. The highest BCUT2D eigenvalue weighted by atomic mass is 35.5. The van der Waals surface area contributed by atoms with Crippen LogP contribution in [0, 0.1) is 5.82 Å². The van der Waals surface area contributed by atoms with Crippen LogP contribution in [0.1, 0.15) is 23.7 Å². The number of halogens is 2. The van der Waals surface area contributed by atoms with Crippen molar-refractivity contribution in [3.63, 3.8) is 0 Å². The molecule has 0 radical (unpaired) electrons. The zero-order valence-electron chi connectivity index (χ0n) is 12.3. The average molecular weight is 329 g/mol. The number of hydrogen-bond donors (Lipinski definition) is 0. The minimum atomic E-state index is -0.553. The van der Waals surface area contributed by atoms with E-state index in [1.165, 1.54) is 18.2 Å². The molecule has 5 nitrogen and oxygen atoms in total. The van der Waals surface area contributed by atoms with Gasteiger partial charge in [0.05, 0.1) is 11.6 Å². The van der Waals surface area contributed by atoms with E-state index < -0.39 is 5.82 Å². The van der Waals surface area contributed by atoms with Crippen LogP contribution >= 0.6 is 11.6 Å². The number of carbonyl (C=O) groups excluding carboxylic acids is 2. The summed E-state index contributed by atoms with van der Waals surface area (Å²) in [6.07, 6.45) is 0.307. The Bertz CT molecular complexity index is 568. The molecular formula is C15H18ClFN2O3. The third kappa shape index (κ3) is 3.88. The van der Waals surface area contributed by atoms with Gasteiger partial charge in [-0.3, -0.25) is 4.79 Å². The molecule has 0 unspecified atom stereocenters. The second-order valence-corrected chi connectivity index (χ2v) is 5.37. The zero-order chi connectivity index (χ0) is 16.1. The van der Waals surface area contributed by atoms with E-state index in [9.17, 15) is 14.0 Å². The molecule has 1 aliphatic heterocycles. The summed E-state index contributed by atoms with van der Waals surface area (Å²) in [5.74, 6) is -0.768. The van der Waals surface area contributed by atoms with Gasteiger partial charge in [0.1, 0.15) is 5.82 Å². The predicted molar refractivity (Wildman–Crippen MR) is 80.5 cm³/mol. The van der Waals surface area contributed by atoms with Gasteiger partial charge in [0.15, 0.2) is 0 Å². The smallest absolute Gasteiger partial charge is 0.409 e. The van der Waals surface area contributed by atoms with Crippen molar-refractivity contribution in [1.29, 1.82) is 0 Å². The first-order valence-electron chi connectivity index (χ1n) is 7.19. The zero-order valence-corrected chi connectivity index (χ0v) is 13.1. The molecule has 1 aliphatic rings. The number of nitrogens with zero attached hydrogens (tertiary/aromatic N) is 2. The van der Waals surface area contributed by atoms with E-state index >= 15 is 0 Å². The van der Waals surface area contributed by atoms with Crippen LogP contribution in [0.3, 0.4) is 0 Å². The van der Waals surface area contributed by atoms with E-state index in [2.05, 4.69) is 0 Å². The van der Waals surface area contributed by atoms with Crippen molar-refractivity contribution in [3.05, 3.63) is 34.6 Å². The van der Waals surface area contributed by atoms with Crippen LogP contribution in [0.5, 0.6) is 0 Å². The van der Waals surface area contributed by atoms with Crippen molar-refractivity contribution < 1.29 is 18.7 Å². The Morgan fingerprint density at radius 1 is 1.23 bits per heavy atom. The van der Waals surface area contributed by atoms with Gasteiger partial charge in [-0.2, -0.15) is 0 Å². The van der Waals surface area contributed by atoms with Gasteiger partial charge in [-0.1, -0.05) is 11.6 Å². The third-order valence-corrected chi connectivity index (χ3v) is 3.77. The van der Waals surface area contributed by atoms with Gasteiger partial charge in [-0.25, -0.2) is 9.18 Å². The Balaban J connectivity index is 2.02. The Morgan fingerprint density at radius 3 is 2.59 bits per heavy atom. The molecule has 0 bridgehead atoms. The Hall–Kier alpha value is -1.82. The molecular weight excluding hydrogens is 311 g/mol. The van der Waals surface area contributed by atoms with Crippen molar-refractivity contribution in [1.82, 2.24) is 9.80 Å². The Kier molecular flexibility index (Phi) is 5.60. The van der Waals surface area contributed by atoms with Gasteiger partial charge in [-0.05, 0) is 31.5 Å². The number of rotatable bonds is 2. The highest BCUT2D eigenvalue weighted by molar-refractivity contribution is 6.31. The number of ether oxygens (including phenoxy) is 1. The first-order valence-corrected chi connectivity index (χ1v) is 7.56. The molecule has 0 spiro atoms. The number of benzene rings is 1. The molecule has 7 heteroatoms. The molecule has 0 saturated carbocycles. The summed E-state index contributed by atoms with van der Waals surface area (Å²) < 4.78 is 18.1. The van der Waals surface area contributed by atoms with Gasteiger partial charge < -0.3 is 14.5 Å². The van der Waals surface area contributed by atoms with E-state index in [1.807, 2.05) is 0 Å². The van der Waals surface area contributed by atoms with Crippen LogP contribution in [0.15, 0.2) is 18.2 Å². The number of hydrogen-bond acceptors (Lipinski definition) is 3. The topological polar surface area (TPSA) is 49.9 Å². The number of amides is 2. The molecule has 22 heavy (non-hydrogen) atoms. The van der Waals surface area contributed by atoms with Crippen LogP contribution in [-0.2, 0) is 4.74 Å². The van der Waals surface area contributed by atoms with Crippen LogP contribution in [0.25, 0.3) is 0 Å². The van der Waals surface area contributed by atoms with Crippen LogP contribution in [-0.4, -0.2) is 54.6 Å². The molecule has 2 rings (SSSR count). The Morgan fingerprint density at radius 2 is 1.91 bits per heavy atom. The van der Waals surface area contributed by atoms with E-state index in [-0.39, 0.29) is 17.0 Å². The lowest BCUT2D eigenvalue weighted by atomic mass is 10.2. The minimum Gasteiger partial charge on any atom is -0.450 e. The molecule has 0 aliphatic carbocycles. The van der Waals surface area contributed by atoms with Gasteiger partial charge >= 0.3 is 6.09 Å². The molecule has 1 heterocycles. The van der Waals surface area contributed by atoms with Crippen LogP contribution < -0.4 is 0 Å². The first-order chi connectivity index (χ1) is 10.5. The van der Waals surface area contributed by atoms with Gasteiger partial charge in [0.25, 0.3) is 5.91 Å². The van der Waals surface area contributed by atoms with Crippen molar-refractivity contribution in [2.45, 2.75) is 13.3 Å². The van der Waals surface area contributed by atoms with Crippen molar-refractivity contribution in [2.24, 2.45) is 0 Å². The van der Waals surface area contributed by atoms with Gasteiger partial charge in [0.2, 0.25) is 0 Å². The minimum absolute atomic E-state index is 0.0752. The maximum Gasteiger partial charge on any atom is 0.409 e. The van der Waals surface area contributed by atoms with Gasteiger partial charge in [0, 0.05) is 31.7 Å². The molecule has 1 fully saturated rings. The standard InChI is InChI=1S/C15H18ClFN2O3/c1-2-22-15(21)19-7-3-6-18(8-9-19)14(20)11-4-5-13(17)12(16)10-11/h4-5,10H,2-3,6-9H2,1H3.